The number of likely N-dealkylation sites (N-methyl/N-ethyl adjacent to an activating group) is 1. The van der Waals surface area contributed by atoms with Crippen LogP contribution in [0.3, 0.4) is 0 Å². The second-order valence-corrected chi connectivity index (χ2v) is 11.6. The highest BCUT2D eigenvalue weighted by molar-refractivity contribution is 6.09. The van der Waals surface area contributed by atoms with Crippen molar-refractivity contribution in [3.05, 3.63) is 65.3 Å². The lowest BCUT2D eigenvalue weighted by Gasteiger charge is -2.44. The van der Waals surface area contributed by atoms with E-state index in [9.17, 15) is 27.2 Å². The fraction of sp³-hybridized carbons (Fsp3) is 0.467. The largest absolute Gasteiger partial charge is 0.446 e. The van der Waals surface area contributed by atoms with Gasteiger partial charge >= 0.3 is 6.09 Å². The molecule has 4 aliphatic rings. The number of dihydropyridines is 1. The van der Waals surface area contributed by atoms with Crippen molar-refractivity contribution in [1.82, 2.24) is 15.1 Å². The Bertz CT molecular complexity index is 1400. The monoisotopic (exact) mass is 607 g/mol. The van der Waals surface area contributed by atoms with Crippen LogP contribution in [0.2, 0.25) is 0 Å². The smallest absolute Gasteiger partial charge is 0.410 e. The van der Waals surface area contributed by atoms with Crippen molar-refractivity contribution < 1.29 is 36.3 Å². The van der Waals surface area contributed by atoms with Crippen molar-refractivity contribution >= 4 is 28.9 Å². The molecule has 0 unspecified atom stereocenters. The number of hydrogen-bond donors (Lipinski definition) is 2. The molecule has 232 valence electrons. The Morgan fingerprint density at radius 1 is 1.16 bits per heavy atom. The number of amides is 2. The first-order valence-corrected chi connectivity index (χ1v) is 14.0. The van der Waals surface area contributed by atoms with Gasteiger partial charge in [-0.1, -0.05) is 12.7 Å². The fourth-order valence-electron chi connectivity index (χ4n) is 5.69. The van der Waals surface area contributed by atoms with E-state index in [0.717, 1.165) is 12.3 Å². The van der Waals surface area contributed by atoms with Crippen LogP contribution in [-0.2, 0) is 9.53 Å². The zero-order chi connectivity index (χ0) is 31.2. The number of benzene rings is 1. The summed E-state index contributed by atoms with van der Waals surface area (Å²) < 4.78 is 74.8. The summed E-state index contributed by atoms with van der Waals surface area (Å²) in [6.45, 7) is 8.75. The average Bonchev–Trinajstić information content (AvgIpc) is 3.41. The molecule has 1 saturated carbocycles. The predicted molar refractivity (Wildman–Crippen MR) is 152 cm³/mol. The normalized spacial score (nSPS) is 24.2. The molecule has 2 fully saturated rings. The molecule has 2 N–H and O–H groups in total. The molecular weight excluding hydrogens is 573 g/mol. The molecule has 0 aromatic heterocycles. The van der Waals surface area contributed by atoms with Crippen LogP contribution in [0.25, 0.3) is 5.57 Å². The van der Waals surface area contributed by atoms with Gasteiger partial charge in [0, 0.05) is 74.1 Å². The van der Waals surface area contributed by atoms with Gasteiger partial charge in [-0.15, -0.1) is 0 Å². The van der Waals surface area contributed by atoms with Crippen LogP contribution >= 0.6 is 0 Å². The van der Waals surface area contributed by atoms with Gasteiger partial charge in [-0.25, -0.2) is 26.7 Å². The maximum atomic E-state index is 15.8. The van der Waals surface area contributed by atoms with Gasteiger partial charge in [0.2, 0.25) is 0 Å². The van der Waals surface area contributed by atoms with E-state index < -0.39 is 54.7 Å². The molecule has 43 heavy (non-hydrogen) atoms. The van der Waals surface area contributed by atoms with E-state index >= 15 is 4.39 Å². The molecule has 3 heterocycles. The molecule has 2 amide bonds. The van der Waals surface area contributed by atoms with E-state index in [1.807, 2.05) is 25.8 Å². The number of alkyl halides is 4. The highest BCUT2D eigenvalue weighted by Gasteiger charge is 2.48. The fourth-order valence-corrected chi connectivity index (χ4v) is 5.69. The number of carbonyl (C=O) groups excluding carboxylic acids is 2. The summed E-state index contributed by atoms with van der Waals surface area (Å²) >= 11 is 0. The lowest BCUT2D eigenvalue weighted by atomic mass is 9.91. The second-order valence-electron chi connectivity index (χ2n) is 11.6. The Kier molecular flexibility index (Phi) is 8.30. The lowest BCUT2D eigenvalue weighted by molar-refractivity contribution is -0.147. The van der Waals surface area contributed by atoms with Gasteiger partial charge < -0.3 is 25.2 Å². The minimum atomic E-state index is -2.93. The number of rotatable bonds is 6. The van der Waals surface area contributed by atoms with Gasteiger partial charge in [0.25, 0.3) is 18.3 Å². The minimum Gasteiger partial charge on any atom is -0.446 e. The third-order valence-electron chi connectivity index (χ3n) is 8.40. The molecule has 1 aromatic carbocycles. The maximum absolute atomic E-state index is 15.8. The van der Waals surface area contributed by atoms with Gasteiger partial charge in [-0.05, 0) is 44.7 Å². The lowest BCUT2D eigenvalue weighted by Crippen LogP contribution is -2.55. The molecule has 0 radical (unpaired) electrons. The first-order valence-electron chi connectivity index (χ1n) is 14.0. The molecule has 1 aromatic rings. The second kappa shape index (κ2) is 11.7. The number of hydrogen-bond acceptors (Lipinski definition) is 6. The van der Waals surface area contributed by atoms with Gasteiger partial charge in [0.1, 0.15) is 11.9 Å². The molecule has 8 nitrogen and oxygen atoms in total. The molecule has 2 atom stereocenters. The Hall–Kier alpha value is -3.87. The molecule has 3 aliphatic heterocycles. The number of nitrogens with one attached hydrogen (secondary N) is 2. The zero-order valence-corrected chi connectivity index (χ0v) is 24.1. The van der Waals surface area contributed by atoms with Crippen molar-refractivity contribution in [1.29, 1.82) is 0 Å². The Morgan fingerprint density at radius 2 is 1.84 bits per heavy atom. The summed E-state index contributed by atoms with van der Waals surface area (Å²) in [4.78, 5) is 31.3. The van der Waals surface area contributed by atoms with E-state index in [-0.39, 0.29) is 47.7 Å². The number of piperazine rings is 1. The van der Waals surface area contributed by atoms with Gasteiger partial charge in [-0.3, -0.25) is 9.69 Å². The number of anilines is 2. The topological polar surface area (TPSA) is 77.2 Å². The summed E-state index contributed by atoms with van der Waals surface area (Å²) in [5.41, 5.74) is 0.562. The molecular formula is C30H34F5N5O3. The van der Waals surface area contributed by atoms with Crippen LogP contribution in [0.1, 0.15) is 32.3 Å². The predicted octanol–water partition coefficient (Wildman–Crippen LogP) is 5.12. The van der Waals surface area contributed by atoms with E-state index in [1.54, 1.807) is 6.08 Å². The van der Waals surface area contributed by atoms with Crippen LogP contribution in [0.4, 0.5) is 38.1 Å². The summed E-state index contributed by atoms with van der Waals surface area (Å²) in [5, 5.41) is 5.40. The number of halogens is 5. The maximum Gasteiger partial charge on any atom is 0.410 e. The van der Waals surface area contributed by atoms with E-state index in [2.05, 4.69) is 22.1 Å². The first-order chi connectivity index (χ1) is 20.2. The molecule has 1 aliphatic carbocycles. The SMILES string of the molecule is C=C1C=C(C(F)F)C(C(=O)Nc2cc(C3=CCN(C(=O)OC4CC(F)(F)C4)C3)c(F)cc2N2C[C@@H](C)N(C)[C@@H](C)C2)=CN1. The number of allylic oxidation sites excluding steroid dienone is 1. The van der Waals surface area contributed by atoms with Crippen LogP contribution in [0.15, 0.2) is 53.9 Å². The van der Waals surface area contributed by atoms with Crippen molar-refractivity contribution in [3.63, 3.8) is 0 Å². The third kappa shape index (κ3) is 6.41. The van der Waals surface area contributed by atoms with E-state index in [4.69, 9.17) is 4.74 Å². The number of carbonyl (C=O) groups is 2. The van der Waals surface area contributed by atoms with E-state index in [1.165, 1.54) is 17.0 Å². The Balaban J connectivity index is 1.42. The van der Waals surface area contributed by atoms with Crippen LogP contribution < -0.4 is 15.5 Å². The standard InChI is InChI=1S/C30H34F5N5O3/c1-16-7-22(27(32)33)23(12-36-16)28(41)37-25-8-21(24(31)9-26(25)40-13-17(2)38(4)18(3)14-40)19-5-6-39(15-19)29(42)43-20-10-30(34,35)11-20/h5,7-9,12,17-18,20,27,36H,1,6,10-11,13-15H2,2-4H3,(H,37,41)/t17-,18+. The molecule has 13 heteroatoms. The molecule has 1 saturated heterocycles. The van der Waals surface area contributed by atoms with Crippen LogP contribution in [0.5, 0.6) is 0 Å². The summed E-state index contributed by atoms with van der Waals surface area (Å²) in [6, 6.07) is 2.94. The highest BCUT2D eigenvalue weighted by Crippen LogP contribution is 2.40. The van der Waals surface area contributed by atoms with Crippen molar-refractivity contribution in [2.24, 2.45) is 0 Å². The quantitative estimate of drug-likeness (QED) is 0.438. The molecule has 0 spiro atoms. The zero-order valence-electron chi connectivity index (χ0n) is 24.1. The minimum absolute atomic E-state index is 0.0381. The summed E-state index contributed by atoms with van der Waals surface area (Å²) in [5.74, 6) is -4.26. The van der Waals surface area contributed by atoms with Crippen molar-refractivity contribution in [2.45, 2.75) is 57.2 Å². The van der Waals surface area contributed by atoms with E-state index in [0.29, 0.717) is 24.4 Å². The van der Waals surface area contributed by atoms with Crippen LogP contribution in [-0.4, -0.2) is 85.6 Å². The highest BCUT2D eigenvalue weighted by atomic mass is 19.3. The van der Waals surface area contributed by atoms with Gasteiger partial charge in [-0.2, -0.15) is 0 Å². The van der Waals surface area contributed by atoms with Gasteiger partial charge in [0.15, 0.2) is 0 Å². The third-order valence-corrected chi connectivity index (χ3v) is 8.40. The average molecular weight is 608 g/mol. The Labute approximate surface area is 246 Å². The molecule has 5 rings (SSSR count). The number of ether oxygens (including phenoxy) is 1. The summed E-state index contributed by atoms with van der Waals surface area (Å²) in [7, 11) is 1.99. The summed E-state index contributed by atoms with van der Waals surface area (Å²) in [6.07, 6.45) is -1.76. The van der Waals surface area contributed by atoms with Crippen LogP contribution in [0, 0.1) is 5.82 Å². The number of nitrogens with zero attached hydrogens (tertiary/aromatic N) is 3. The van der Waals surface area contributed by atoms with Gasteiger partial charge in [0.05, 0.1) is 16.9 Å². The first kappa shape index (κ1) is 30.6. The van der Waals surface area contributed by atoms with Crippen molar-refractivity contribution in [2.75, 3.05) is 43.4 Å². The Morgan fingerprint density at radius 3 is 2.47 bits per heavy atom. The van der Waals surface area contributed by atoms with Crippen molar-refractivity contribution in [3.8, 4) is 0 Å². The molecule has 0 bridgehead atoms.